The highest BCUT2D eigenvalue weighted by Crippen LogP contribution is 2.41. The largest absolute Gasteiger partial charge is 0.227 e. The number of fused-ring (bicyclic) bond motifs is 3. The van der Waals surface area contributed by atoms with Gasteiger partial charge in [0.25, 0.3) is 0 Å². The van der Waals surface area contributed by atoms with Crippen molar-refractivity contribution in [1.29, 1.82) is 0 Å². The van der Waals surface area contributed by atoms with Crippen LogP contribution in [0.25, 0.3) is 76.6 Å². The van der Waals surface area contributed by atoms with Crippen molar-refractivity contribution in [2.24, 2.45) is 0 Å². The standard InChI is InChI=1S/C34H20N2/c1-2-8-25(9-3-1)34-35-32-26-12-5-4-7-21(26)15-20-29(32)33(36-34)28-19-17-24-14-13-22-10-6-11-23-16-18-27(28)31(24)30(22)23/h1-20H. The van der Waals surface area contributed by atoms with Crippen LogP contribution < -0.4 is 0 Å². The quantitative estimate of drug-likeness (QED) is 0.243. The zero-order valence-electron chi connectivity index (χ0n) is 19.4. The molecule has 0 aliphatic heterocycles. The molecule has 0 unspecified atom stereocenters. The fourth-order valence-corrected chi connectivity index (χ4v) is 5.73. The highest BCUT2D eigenvalue weighted by Gasteiger charge is 2.17. The van der Waals surface area contributed by atoms with Crippen molar-refractivity contribution in [3.05, 3.63) is 121 Å². The maximum atomic E-state index is 5.22. The Morgan fingerprint density at radius 2 is 1.03 bits per heavy atom. The smallest absolute Gasteiger partial charge is 0.160 e. The van der Waals surface area contributed by atoms with Crippen LogP contribution in [0.5, 0.6) is 0 Å². The molecule has 8 rings (SSSR count). The van der Waals surface area contributed by atoms with Gasteiger partial charge in [0.1, 0.15) is 0 Å². The molecule has 7 aromatic carbocycles. The van der Waals surface area contributed by atoms with Crippen LogP contribution in [0.2, 0.25) is 0 Å². The van der Waals surface area contributed by atoms with Crippen LogP contribution in [0.3, 0.4) is 0 Å². The highest BCUT2D eigenvalue weighted by molar-refractivity contribution is 6.26. The van der Waals surface area contributed by atoms with E-state index in [-0.39, 0.29) is 0 Å². The molecular formula is C34H20N2. The minimum atomic E-state index is 0.750. The number of rotatable bonds is 2. The van der Waals surface area contributed by atoms with Crippen LogP contribution >= 0.6 is 0 Å². The highest BCUT2D eigenvalue weighted by atomic mass is 14.9. The summed E-state index contributed by atoms with van der Waals surface area (Å²) in [5.74, 6) is 0.750. The average Bonchev–Trinajstić information content (AvgIpc) is 2.95. The predicted molar refractivity (Wildman–Crippen MR) is 152 cm³/mol. The molecule has 0 saturated carbocycles. The molecule has 0 aliphatic rings. The molecule has 1 aromatic heterocycles. The Labute approximate surface area is 207 Å². The molecule has 1 heterocycles. The summed E-state index contributed by atoms with van der Waals surface area (Å²) >= 11 is 0. The normalized spacial score (nSPS) is 11.9. The molecule has 0 bridgehead atoms. The van der Waals surface area contributed by atoms with Crippen molar-refractivity contribution >= 4 is 54.0 Å². The van der Waals surface area contributed by atoms with E-state index in [9.17, 15) is 0 Å². The van der Waals surface area contributed by atoms with Gasteiger partial charge in [-0.3, -0.25) is 0 Å². The van der Waals surface area contributed by atoms with Gasteiger partial charge in [-0.05, 0) is 43.8 Å². The lowest BCUT2D eigenvalue weighted by Crippen LogP contribution is -1.97. The zero-order valence-corrected chi connectivity index (χ0v) is 19.4. The van der Waals surface area contributed by atoms with Crippen LogP contribution in [0, 0.1) is 0 Å². The monoisotopic (exact) mass is 456 g/mol. The molecule has 0 fully saturated rings. The molecular weight excluding hydrogens is 436 g/mol. The van der Waals surface area contributed by atoms with Gasteiger partial charge in [-0.1, -0.05) is 115 Å². The first kappa shape index (κ1) is 19.5. The summed E-state index contributed by atoms with van der Waals surface area (Å²) in [5, 5.41) is 11.0. The number of hydrogen-bond acceptors (Lipinski definition) is 2. The molecule has 2 nitrogen and oxygen atoms in total. The van der Waals surface area contributed by atoms with Crippen LogP contribution in [-0.4, -0.2) is 9.97 Å². The SMILES string of the molecule is c1ccc(-c2nc(-c3ccc4ccc5cccc6ccc3c4c56)c3ccc4ccccc4c3n2)cc1. The van der Waals surface area contributed by atoms with Gasteiger partial charge in [-0.15, -0.1) is 0 Å². The van der Waals surface area contributed by atoms with Crippen molar-refractivity contribution in [2.75, 3.05) is 0 Å². The fourth-order valence-electron chi connectivity index (χ4n) is 5.73. The Kier molecular flexibility index (Phi) is 3.97. The summed E-state index contributed by atoms with van der Waals surface area (Å²) in [6.45, 7) is 0. The predicted octanol–water partition coefficient (Wildman–Crippen LogP) is 9.01. The van der Waals surface area contributed by atoms with E-state index in [1.807, 2.05) is 18.2 Å². The van der Waals surface area contributed by atoms with E-state index >= 15 is 0 Å². The summed E-state index contributed by atoms with van der Waals surface area (Å²) < 4.78 is 0. The summed E-state index contributed by atoms with van der Waals surface area (Å²) in [7, 11) is 0. The molecule has 0 radical (unpaired) electrons. The summed E-state index contributed by atoms with van der Waals surface area (Å²) in [4.78, 5) is 10.3. The Hall–Kier alpha value is -4.82. The number of benzene rings is 7. The maximum Gasteiger partial charge on any atom is 0.160 e. The minimum absolute atomic E-state index is 0.750. The Balaban J connectivity index is 1.54. The maximum absolute atomic E-state index is 5.22. The average molecular weight is 457 g/mol. The van der Waals surface area contributed by atoms with E-state index in [0.717, 1.165) is 38.9 Å². The Morgan fingerprint density at radius 3 is 1.89 bits per heavy atom. The summed E-state index contributed by atoms with van der Waals surface area (Å²) in [6.07, 6.45) is 0. The first-order valence-electron chi connectivity index (χ1n) is 12.3. The molecule has 0 atom stereocenters. The molecule has 0 N–H and O–H groups in total. The van der Waals surface area contributed by atoms with Crippen LogP contribution in [0.15, 0.2) is 121 Å². The lowest BCUT2D eigenvalue weighted by molar-refractivity contribution is 1.24. The lowest BCUT2D eigenvalue weighted by Gasteiger charge is -2.16. The van der Waals surface area contributed by atoms with E-state index < -0.39 is 0 Å². The molecule has 0 spiro atoms. The van der Waals surface area contributed by atoms with Crippen molar-refractivity contribution in [2.45, 2.75) is 0 Å². The second-order valence-electron chi connectivity index (χ2n) is 9.41. The van der Waals surface area contributed by atoms with Crippen molar-refractivity contribution in [3.8, 4) is 22.6 Å². The van der Waals surface area contributed by atoms with Crippen molar-refractivity contribution < 1.29 is 0 Å². The topological polar surface area (TPSA) is 25.8 Å². The summed E-state index contributed by atoms with van der Waals surface area (Å²) in [6, 6.07) is 43.1. The second kappa shape index (κ2) is 7.34. The third kappa shape index (κ3) is 2.73. The zero-order chi connectivity index (χ0) is 23.6. The van der Waals surface area contributed by atoms with E-state index in [4.69, 9.17) is 9.97 Å². The van der Waals surface area contributed by atoms with Gasteiger partial charge in [0.05, 0.1) is 11.2 Å². The molecule has 0 aliphatic carbocycles. The van der Waals surface area contributed by atoms with Gasteiger partial charge in [-0.25, -0.2) is 9.97 Å². The number of hydrogen-bond donors (Lipinski definition) is 0. The Morgan fingerprint density at radius 1 is 0.389 bits per heavy atom. The Bertz CT molecular complexity index is 2080. The number of aromatic nitrogens is 2. The van der Waals surface area contributed by atoms with Crippen LogP contribution in [0.4, 0.5) is 0 Å². The van der Waals surface area contributed by atoms with Gasteiger partial charge in [0.2, 0.25) is 0 Å². The number of nitrogens with zero attached hydrogens (tertiary/aromatic N) is 2. The van der Waals surface area contributed by atoms with Gasteiger partial charge in [0.15, 0.2) is 5.82 Å². The van der Waals surface area contributed by atoms with E-state index in [1.165, 1.54) is 37.7 Å². The molecule has 36 heavy (non-hydrogen) atoms. The second-order valence-corrected chi connectivity index (χ2v) is 9.41. The molecule has 0 amide bonds. The first-order valence-corrected chi connectivity index (χ1v) is 12.3. The third-order valence-electron chi connectivity index (χ3n) is 7.41. The summed E-state index contributed by atoms with van der Waals surface area (Å²) in [5.41, 5.74) is 4.12. The van der Waals surface area contributed by atoms with Crippen molar-refractivity contribution in [3.63, 3.8) is 0 Å². The molecule has 0 saturated heterocycles. The molecule has 8 aromatic rings. The molecule has 2 heteroatoms. The van der Waals surface area contributed by atoms with Crippen LogP contribution in [-0.2, 0) is 0 Å². The van der Waals surface area contributed by atoms with Crippen LogP contribution in [0.1, 0.15) is 0 Å². The lowest BCUT2D eigenvalue weighted by atomic mass is 9.90. The third-order valence-corrected chi connectivity index (χ3v) is 7.41. The minimum Gasteiger partial charge on any atom is -0.227 e. The first-order chi connectivity index (χ1) is 17.8. The molecule has 166 valence electrons. The fraction of sp³-hybridized carbons (Fsp3) is 0. The van der Waals surface area contributed by atoms with E-state index in [1.54, 1.807) is 0 Å². The van der Waals surface area contributed by atoms with Gasteiger partial charge < -0.3 is 0 Å². The van der Waals surface area contributed by atoms with E-state index in [2.05, 4.69) is 103 Å². The van der Waals surface area contributed by atoms with Gasteiger partial charge >= 0.3 is 0 Å². The van der Waals surface area contributed by atoms with E-state index in [0.29, 0.717) is 0 Å². The van der Waals surface area contributed by atoms with Gasteiger partial charge in [-0.2, -0.15) is 0 Å². The van der Waals surface area contributed by atoms with Crippen molar-refractivity contribution in [1.82, 2.24) is 9.97 Å². The van der Waals surface area contributed by atoms with Gasteiger partial charge in [0, 0.05) is 21.9 Å².